The van der Waals surface area contributed by atoms with Crippen molar-refractivity contribution in [3.63, 3.8) is 0 Å². The number of nitrogens with one attached hydrogen (secondary N) is 1. The zero-order valence-corrected chi connectivity index (χ0v) is 19.6. The molecule has 1 amide bonds. The van der Waals surface area contributed by atoms with Crippen molar-refractivity contribution in [3.8, 4) is 0 Å². The van der Waals surface area contributed by atoms with Gasteiger partial charge in [-0.1, -0.05) is 61.9 Å². The third kappa shape index (κ3) is 5.89. The Morgan fingerprint density at radius 2 is 1.84 bits per heavy atom. The highest BCUT2D eigenvalue weighted by Gasteiger charge is 2.27. The number of nitrogens with zero attached hydrogens (tertiary/aromatic N) is 4. The molecule has 2 heterocycles. The van der Waals surface area contributed by atoms with Gasteiger partial charge in [0, 0.05) is 6.04 Å². The molecule has 3 unspecified atom stereocenters. The van der Waals surface area contributed by atoms with Gasteiger partial charge in [-0.25, -0.2) is 0 Å². The van der Waals surface area contributed by atoms with E-state index in [1.165, 1.54) is 49.4 Å². The molecule has 1 N–H and O–H groups in total. The van der Waals surface area contributed by atoms with Crippen LogP contribution in [0.2, 0.25) is 0 Å². The molecule has 168 valence electrons. The summed E-state index contributed by atoms with van der Waals surface area (Å²) < 4.78 is 2.20. The minimum Gasteiger partial charge on any atom is -0.352 e. The largest absolute Gasteiger partial charge is 0.352 e. The van der Waals surface area contributed by atoms with Crippen molar-refractivity contribution in [3.05, 3.63) is 41.7 Å². The molecule has 2 aliphatic rings. The molecule has 1 aliphatic carbocycles. The van der Waals surface area contributed by atoms with Gasteiger partial charge in [-0.2, -0.15) is 0 Å². The fraction of sp³-hybridized carbons (Fsp3) is 0.625. The molecule has 0 spiro atoms. The van der Waals surface area contributed by atoms with Gasteiger partial charge in [0.15, 0.2) is 5.16 Å². The van der Waals surface area contributed by atoms with E-state index < -0.39 is 0 Å². The zero-order valence-electron chi connectivity index (χ0n) is 18.8. The second kappa shape index (κ2) is 10.6. The van der Waals surface area contributed by atoms with Crippen LogP contribution in [-0.2, 0) is 17.9 Å². The van der Waals surface area contributed by atoms with Crippen molar-refractivity contribution in [1.82, 2.24) is 25.0 Å². The minimum atomic E-state index is -0.201. The molecule has 2 fully saturated rings. The number of hydrogen-bond acceptors (Lipinski definition) is 5. The molecule has 4 rings (SSSR count). The van der Waals surface area contributed by atoms with Crippen molar-refractivity contribution in [2.45, 2.75) is 81.9 Å². The molecule has 0 bridgehead atoms. The predicted molar refractivity (Wildman–Crippen MR) is 125 cm³/mol. The van der Waals surface area contributed by atoms with Crippen molar-refractivity contribution in [2.75, 3.05) is 13.1 Å². The molecule has 2 aromatic rings. The molecule has 0 radical (unpaired) electrons. The predicted octanol–water partition coefficient (Wildman–Crippen LogP) is 4.10. The van der Waals surface area contributed by atoms with Crippen LogP contribution in [0, 0.1) is 5.92 Å². The number of carbonyl (C=O) groups excluding carboxylic acids is 1. The van der Waals surface area contributed by atoms with Crippen LogP contribution < -0.4 is 5.32 Å². The third-order valence-corrected chi connectivity index (χ3v) is 7.71. The average molecular weight is 442 g/mol. The Hall–Kier alpha value is -1.86. The van der Waals surface area contributed by atoms with Gasteiger partial charge in [0.05, 0.1) is 18.3 Å². The molecule has 3 atom stereocenters. The molecular weight excluding hydrogens is 406 g/mol. The highest BCUT2D eigenvalue weighted by molar-refractivity contribution is 8.00. The Kier molecular flexibility index (Phi) is 7.67. The number of amides is 1. The Labute approximate surface area is 190 Å². The van der Waals surface area contributed by atoms with Crippen LogP contribution in [0.4, 0.5) is 0 Å². The first-order valence-electron chi connectivity index (χ1n) is 11.8. The van der Waals surface area contributed by atoms with Crippen LogP contribution in [0.3, 0.4) is 0 Å². The molecule has 31 heavy (non-hydrogen) atoms. The highest BCUT2D eigenvalue weighted by Crippen LogP contribution is 2.27. The van der Waals surface area contributed by atoms with Crippen LogP contribution in [0.1, 0.15) is 63.8 Å². The van der Waals surface area contributed by atoms with E-state index in [9.17, 15) is 4.79 Å². The fourth-order valence-corrected chi connectivity index (χ4v) is 5.51. The van der Waals surface area contributed by atoms with Crippen LogP contribution >= 0.6 is 11.8 Å². The molecule has 7 heteroatoms. The number of carbonyl (C=O) groups is 1. The molecular formula is C24H35N5OS. The van der Waals surface area contributed by atoms with E-state index >= 15 is 0 Å². The maximum absolute atomic E-state index is 12.9. The monoisotopic (exact) mass is 441 g/mol. The lowest BCUT2D eigenvalue weighted by atomic mass is 9.86. The van der Waals surface area contributed by atoms with Crippen LogP contribution in [0.25, 0.3) is 0 Å². The fourth-order valence-electron chi connectivity index (χ4n) is 4.63. The van der Waals surface area contributed by atoms with Gasteiger partial charge < -0.3 is 9.88 Å². The molecule has 1 aliphatic heterocycles. The topological polar surface area (TPSA) is 63.1 Å². The van der Waals surface area contributed by atoms with Crippen molar-refractivity contribution < 1.29 is 4.79 Å². The van der Waals surface area contributed by atoms with Crippen LogP contribution in [0.15, 0.2) is 35.5 Å². The minimum absolute atomic E-state index is 0.110. The summed E-state index contributed by atoms with van der Waals surface area (Å²) in [7, 11) is 0. The van der Waals surface area contributed by atoms with Gasteiger partial charge in [0.1, 0.15) is 5.82 Å². The quantitative estimate of drug-likeness (QED) is 0.625. The van der Waals surface area contributed by atoms with Gasteiger partial charge in [0.25, 0.3) is 0 Å². The van der Waals surface area contributed by atoms with E-state index in [-0.39, 0.29) is 11.2 Å². The first-order valence-corrected chi connectivity index (χ1v) is 12.6. The standard InChI is InChI=1S/C24H35N5OS/c1-18-10-6-7-13-21(18)25-23(30)19(2)31-24-27-26-22(17-28-14-8-9-15-28)29(24)16-20-11-4-3-5-12-20/h3-5,11-12,18-19,21H,6-10,13-17H2,1-2H3,(H,25,30). The van der Waals surface area contributed by atoms with Crippen molar-refractivity contribution >= 4 is 17.7 Å². The average Bonchev–Trinajstić information content (AvgIpc) is 3.42. The maximum Gasteiger partial charge on any atom is 0.233 e. The van der Waals surface area contributed by atoms with Gasteiger partial charge in [-0.15, -0.1) is 10.2 Å². The summed E-state index contributed by atoms with van der Waals surface area (Å²) in [6.45, 7) is 8.03. The number of rotatable bonds is 8. The van der Waals surface area contributed by atoms with Crippen molar-refractivity contribution in [1.29, 1.82) is 0 Å². The van der Waals surface area contributed by atoms with E-state index in [4.69, 9.17) is 0 Å². The Bertz CT molecular complexity index is 849. The SMILES string of the molecule is CC(Sc1nnc(CN2CCCC2)n1Cc1ccccc1)C(=O)NC1CCCCC1C. The zero-order chi connectivity index (χ0) is 21.6. The summed E-state index contributed by atoms with van der Waals surface area (Å²) in [5, 5.41) is 13.0. The Balaban J connectivity index is 1.46. The third-order valence-electron chi connectivity index (χ3n) is 6.63. The maximum atomic E-state index is 12.9. The van der Waals surface area contributed by atoms with Gasteiger partial charge in [-0.3, -0.25) is 9.69 Å². The van der Waals surface area contributed by atoms with Crippen LogP contribution in [-0.4, -0.2) is 50.0 Å². The van der Waals surface area contributed by atoms with E-state index in [0.717, 1.165) is 43.6 Å². The molecule has 1 saturated heterocycles. The Morgan fingerprint density at radius 1 is 1.10 bits per heavy atom. The number of likely N-dealkylation sites (tertiary alicyclic amines) is 1. The van der Waals surface area contributed by atoms with Gasteiger partial charge >= 0.3 is 0 Å². The number of benzene rings is 1. The smallest absolute Gasteiger partial charge is 0.233 e. The second-order valence-electron chi connectivity index (χ2n) is 9.09. The normalized spacial score (nSPS) is 23.0. The summed E-state index contributed by atoms with van der Waals surface area (Å²) >= 11 is 1.52. The van der Waals surface area contributed by atoms with Crippen LogP contribution in [0.5, 0.6) is 0 Å². The molecule has 1 aromatic heterocycles. The first-order chi connectivity index (χ1) is 15.1. The Morgan fingerprint density at radius 3 is 2.58 bits per heavy atom. The van der Waals surface area contributed by atoms with Crippen molar-refractivity contribution in [2.24, 2.45) is 5.92 Å². The summed E-state index contributed by atoms with van der Waals surface area (Å²) in [5.74, 6) is 1.66. The van der Waals surface area contributed by atoms with E-state index in [1.807, 2.05) is 13.0 Å². The first kappa shape index (κ1) is 22.3. The number of thioether (sulfide) groups is 1. The summed E-state index contributed by atoms with van der Waals surface area (Å²) in [6.07, 6.45) is 7.30. The molecule has 1 aromatic carbocycles. The van der Waals surface area contributed by atoms with E-state index in [1.54, 1.807) is 0 Å². The highest BCUT2D eigenvalue weighted by atomic mass is 32.2. The second-order valence-corrected chi connectivity index (χ2v) is 10.4. The van der Waals surface area contributed by atoms with E-state index in [0.29, 0.717) is 12.0 Å². The number of aromatic nitrogens is 3. The summed E-state index contributed by atoms with van der Waals surface area (Å²) in [4.78, 5) is 15.4. The molecule has 1 saturated carbocycles. The lowest BCUT2D eigenvalue weighted by molar-refractivity contribution is -0.121. The lowest BCUT2D eigenvalue weighted by Gasteiger charge is -2.30. The summed E-state index contributed by atoms with van der Waals surface area (Å²) in [5.41, 5.74) is 1.22. The summed E-state index contributed by atoms with van der Waals surface area (Å²) in [6, 6.07) is 10.7. The van der Waals surface area contributed by atoms with E-state index in [2.05, 4.69) is 56.2 Å². The van der Waals surface area contributed by atoms with Gasteiger partial charge in [-0.05, 0) is 57.2 Å². The lowest BCUT2D eigenvalue weighted by Crippen LogP contribution is -2.44. The molecule has 6 nitrogen and oxygen atoms in total. The number of hydrogen-bond donors (Lipinski definition) is 1. The van der Waals surface area contributed by atoms with Gasteiger partial charge in [0.2, 0.25) is 5.91 Å².